The fourth-order valence-corrected chi connectivity index (χ4v) is 6.54. The van der Waals surface area contributed by atoms with E-state index < -0.39 is 6.89 Å². The van der Waals surface area contributed by atoms with E-state index in [4.69, 9.17) is 11.6 Å². The van der Waals surface area contributed by atoms with Crippen molar-refractivity contribution in [2.24, 2.45) is 0 Å². The molecule has 0 fully saturated rings. The van der Waals surface area contributed by atoms with Crippen molar-refractivity contribution in [2.45, 2.75) is 0 Å². The first-order chi connectivity index (χ1) is 11.3. The highest BCUT2D eigenvalue weighted by atomic mass is 35.5. The van der Waals surface area contributed by atoms with Crippen LogP contribution in [0.15, 0.2) is 84.9 Å². The van der Waals surface area contributed by atoms with Crippen LogP contribution in [0.4, 0.5) is 0 Å². The summed E-state index contributed by atoms with van der Waals surface area (Å²) >= 11 is 6.50. The van der Waals surface area contributed by atoms with E-state index in [0.717, 1.165) is 15.9 Å². The van der Waals surface area contributed by atoms with Gasteiger partial charge in [-0.15, -0.1) is 0 Å². The Morgan fingerprint density at radius 2 is 1.17 bits per heavy atom. The van der Waals surface area contributed by atoms with Crippen molar-refractivity contribution in [1.29, 1.82) is 0 Å². The van der Waals surface area contributed by atoms with Crippen LogP contribution in [-0.4, -0.2) is 11.4 Å². The molecule has 0 unspecified atom stereocenters. The molecule has 0 spiro atoms. The summed E-state index contributed by atoms with van der Waals surface area (Å²) in [7, 11) is 0. The van der Waals surface area contributed by atoms with Crippen LogP contribution in [0.2, 0.25) is 5.02 Å². The van der Waals surface area contributed by atoms with Gasteiger partial charge in [-0.25, -0.2) is 4.79 Å². The van der Waals surface area contributed by atoms with Crippen LogP contribution in [0.3, 0.4) is 0 Å². The zero-order valence-electron chi connectivity index (χ0n) is 12.3. The first kappa shape index (κ1) is 15.6. The first-order valence-electron chi connectivity index (χ1n) is 7.19. The van der Waals surface area contributed by atoms with Gasteiger partial charge in [0.2, 0.25) is 0 Å². The van der Waals surface area contributed by atoms with E-state index in [1.165, 1.54) is 0 Å². The van der Waals surface area contributed by atoms with Crippen LogP contribution >= 0.6 is 18.5 Å². The maximum atomic E-state index is 11.4. The Morgan fingerprint density at radius 3 is 1.65 bits per heavy atom. The molecule has 3 aromatic rings. The fraction of sp³-hybridized carbons (Fsp3) is 0. The van der Waals surface area contributed by atoms with E-state index >= 15 is 0 Å². The molecule has 112 valence electrons. The highest BCUT2D eigenvalue weighted by Gasteiger charge is 2.27. The molecule has 0 atom stereocenters. The van der Waals surface area contributed by atoms with Gasteiger partial charge in [-0.1, -0.05) is 90.5 Å². The minimum atomic E-state index is -2.40. The molecule has 0 aliphatic carbocycles. The summed E-state index contributed by atoms with van der Waals surface area (Å²) in [6.07, 6.45) is 0. The molecule has 0 aliphatic heterocycles. The number of benzene rings is 3. The third-order valence-electron chi connectivity index (χ3n) is 3.71. The average molecular weight is 337 g/mol. The number of hydrogen-bond donors (Lipinski definition) is 0. The average Bonchev–Trinajstić information content (AvgIpc) is 2.62. The molecular formula is C20H14ClOP. The second-order valence-electron chi connectivity index (χ2n) is 5.01. The largest absolute Gasteiger partial charge is 0.224 e. The molecule has 0 amide bonds. The van der Waals surface area contributed by atoms with Crippen LogP contribution in [0.25, 0.3) is 0 Å². The predicted molar refractivity (Wildman–Crippen MR) is 101 cm³/mol. The van der Waals surface area contributed by atoms with Crippen LogP contribution < -0.4 is 15.9 Å². The minimum Gasteiger partial charge on any atom is -0.224 e. The molecule has 0 aliphatic rings. The van der Waals surface area contributed by atoms with Gasteiger partial charge in [0.1, 0.15) is 0 Å². The van der Waals surface area contributed by atoms with Gasteiger partial charge in [-0.3, -0.25) is 0 Å². The molecule has 3 rings (SSSR count). The maximum Gasteiger partial charge on any atom is 0.177 e. The molecule has 0 saturated carbocycles. The lowest BCUT2D eigenvalue weighted by Gasteiger charge is -2.25. The Bertz CT molecular complexity index is 879. The van der Waals surface area contributed by atoms with E-state index in [1.54, 1.807) is 0 Å². The lowest BCUT2D eigenvalue weighted by Crippen LogP contribution is -2.26. The zero-order valence-corrected chi connectivity index (χ0v) is 14.0. The van der Waals surface area contributed by atoms with E-state index in [9.17, 15) is 4.79 Å². The second-order valence-corrected chi connectivity index (χ2v) is 8.49. The van der Waals surface area contributed by atoms with Crippen molar-refractivity contribution in [3.8, 4) is 0 Å². The smallest absolute Gasteiger partial charge is 0.177 e. The summed E-state index contributed by atoms with van der Waals surface area (Å²) in [5.74, 6) is 1.92. The molecule has 3 heteroatoms. The van der Waals surface area contributed by atoms with Crippen molar-refractivity contribution in [2.75, 3.05) is 0 Å². The molecule has 0 aromatic heterocycles. The molecular weight excluding hydrogens is 323 g/mol. The van der Waals surface area contributed by atoms with Crippen LogP contribution in [0.5, 0.6) is 0 Å². The minimum absolute atomic E-state index is 0.635. The standard InChI is InChI=1S/C20H14ClOP/c21-19-13-7-8-14-20(19)23(16-15-22,17-9-3-1-4-10-17)18-11-5-2-6-12-18/h1-14H. The highest BCUT2D eigenvalue weighted by molar-refractivity contribution is 7.94. The van der Waals surface area contributed by atoms with Gasteiger partial charge in [-0.2, -0.15) is 0 Å². The SMILES string of the molecule is O=C=C=P(c1ccccc1)(c1ccccc1)c1ccccc1Cl. The van der Waals surface area contributed by atoms with E-state index in [-0.39, 0.29) is 0 Å². The van der Waals surface area contributed by atoms with E-state index in [0.29, 0.717) is 5.02 Å². The molecule has 3 aromatic carbocycles. The number of hydrogen-bond acceptors (Lipinski definition) is 1. The summed E-state index contributed by atoms with van der Waals surface area (Å²) in [4.78, 5) is 11.4. The highest BCUT2D eigenvalue weighted by Crippen LogP contribution is 2.44. The Morgan fingerprint density at radius 1 is 0.696 bits per heavy atom. The molecule has 1 nitrogen and oxygen atoms in total. The third-order valence-corrected chi connectivity index (χ3v) is 7.86. The summed E-state index contributed by atoms with van der Waals surface area (Å²) in [5.41, 5.74) is 3.01. The molecule has 0 saturated heterocycles. The molecule has 0 heterocycles. The summed E-state index contributed by atoms with van der Waals surface area (Å²) in [5, 5.41) is 3.61. The lowest BCUT2D eigenvalue weighted by atomic mass is 10.3. The Labute approximate surface area is 140 Å². The van der Waals surface area contributed by atoms with Crippen molar-refractivity contribution < 1.29 is 4.79 Å². The van der Waals surface area contributed by atoms with Crippen LogP contribution in [-0.2, 0) is 4.79 Å². The third kappa shape index (κ3) is 2.84. The Hall–Kier alpha value is -2.26. The topological polar surface area (TPSA) is 17.1 Å². The van der Waals surface area contributed by atoms with Gasteiger partial charge in [-0.05, 0) is 22.1 Å². The van der Waals surface area contributed by atoms with Crippen molar-refractivity contribution in [3.05, 3.63) is 90.0 Å². The predicted octanol–water partition coefficient (Wildman–Crippen LogP) is 3.42. The van der Waals surface area contributed by atoms with Crippen LogP contribution in [0, 0.1) is 0 Å². The maximum absolute atomic E-state index is 11.4. The quantitative estimate of drug-likeness (QED) is 0.529. The summed E-state index contributed by atoms with van der Waals surface area (Å²) in [6.45, 7) is -2.40. The molecule has 0 radical (unpaired) electrons. The van der Waals surface area contributed by atoms with Crippen molar-refractivity contribution >= 4 is 45.8 Å². The van der Waals surface area contributed by atoms with Crippen molar-refractivity contribution in [1.82, 2.24) is 0 Å². The Balaban J connectivity index is 2.51. The molecule has 23 heavy (non-hydrogen) atoms. The van der Waals surface area contributed by atoms with Gasteiger partial charge in [0.15, 0.2) is 5.94 Å². The fourth-order valence-electron chi connectivity index (χ4n) is 2.71. The number of halogens is 1. The number of rotatable bonds is 3. The zero-order chi connectivity index (χ0) is 16.1. The Kier molecular flexibility index (Phi) is 4.68. The van der Waals surface area contributed by atoms with E-state index in [1.807, 2.05) is 90.9 Å². The first-order valence-corrected chi connectivity index (χ1v) is 9.35. The normalized spacial score (nSPS) is 10.7. The van der Waals surface area contributed by atoms with Gasteiger partial charge in [0.25, 0.3) is 0 Å². The van der Waals surface area contributed by atoms with Gasteiger partial charge in [0, 0.05) is 17.2 Å². The van der Waals surface area contributed by atoms with Gasteiger partial charge < -0.3 is 0 Å². The summed E-state index contributed by atoms with van der Waals surface area (Å²) < 4.78 is 0. The monoisotopic (exact) mass is 336 g/mol. The van der Waals surface area contributed by atoms with Crippen molar-refractivity contribution in [3.63, 3.8) is 0 Å². The second kappa shape index (κ2) is 6.88. The molecule has 0 bridgehead atoms. The molecule has 0 N–H and O–H groups in total. The lowest BCUT2D eigenvalue weighted by molar-refractivity contribution is 0.571. The van der Waals surface area contributed by atoms with E-state index in [2.05, 4.69) is 5.45 Å². The van der Waals surface area contributed by atoms with Crippen LogP contribution in [0.1, 0.15) is 0 Å². The van der Waals surface area contributed by atoms with Gasteiger partial charge >= 0.3 is 0 Å². The number of carbonyl (C=O) groups excluding carboxylic acids is 1. The summed E-state index contributed by atoms with van der Waals surface area (Å²) in [6, 6.07) is 27.5. The van der Waals surface area contributed by atoms with Gasteiger partial charge in [0.05, 0.1) is 0 Å².